The summed E-state index contributed by atoms with van der Waals surface area (Å²) in [6, 6.07) is 4.04. The van der Waals surface area contributed by atoms with Crippen molar-refractivity contribution in [1.29, 1.82) is 0 Å². The molecule has 1 aliphatic heterocycles. The summed E-state index contributed by atoms with van der Waals surface area (Å²) >= 11 is 1.59. The Labute approximate surface area is 125 Å². The second-order valence-corrected chi connectivity index (χ2v) is 6.06. The van der Waals surface area contributed by atoms with Crippen LogP contribution in [0.1, 0.15) is 6.42 Å². The maximum atomic E-state index is 12.1. The minimum absolute atomic E-state index is 0.182. The lowest BCUT2D eigenvalue weighted by molar-refractivity contribution is -0.135. The van der Waals surface area contributed by atoms with E-state index in [9.17, 15) is 4.79 Å². The van der Waals surface area contributed by atoms with Gasteiger partial charge in [0.05, 0.1) is 21.4 Å². The molecule has 0 bridgehead atoms. The first-order valence-electron chi connectivity index (χ1n) is 6.93. The van der Waals surface area contributed by atoms with Crippen molar-refractivity contribution in [2.24, 2.45) is 0 Å². The Balaban J connectivity index is 1.69. The molecule has 4 heterocycles. The van der Waals surface area contributed by atoms with E-state index in [4.69, 9.17) is 0 Å². The van der Waals surface area contributed by atoms with Gasteiger partial charge in [0.1, 0.15) is 6.54 Å². The molecule has 0 atom stereocenters. The number of nitrogens with zero attached hydrogens (tertiary/aromatic N) is 4. The van der Waals surface area contributed by atoms with E-state index in [0.717, 1.165) is 41.0 Å². The van der Waals surface area contributed by atoms with Crippen molar-refractivity contribution in [3.05, 3.63) is 36.2 Å². The van der Waals surface area contributed by atoms with Crippen LogP contribution in [0.4, 0.5) is 0 Å². The average molecular weight is 298 g/mol. The Morgan fingerprint density at radius 3 is 2.95 bits per heavy atom. The molecule has 1 saturated heterocycles. The number of thiazole rings is 1. The van der Waals surface area contributed by atoms with Crippen LogP contribution in [0.15, 0.2) is 36.2 Å². The maximum absolute atomic E-state index is 12.1. The number of hydrogen-bond donors (Lipinski definition) is 0. The van der Waals surface area contributed by atoms with E-state index in [1.165, 1.54) is 0 Å². The van der Waals surface area contributed by atoms with Gasteiger partial charge in [-0.25, -0.2) is 0 Å². The van der Waals surface area contributed by atoms with Crippen LogP contribution in [0.3, 0.4) is 0 Å². The van der Waals surface area contributed by atoms with Crippen molar-refractivity contribution in [2.75, 3.05) is 13.1 Å². The lowest BCUT2D eigenvalue weighted by Crippen LogP contribution is -2.43. The van der Waals surface area contributed by atoms with Gasteiger partial charge < -0.3 is 9.47 Å². The number of likely N-dealkylation sites (tertiary alicyclic amines) is 1. The van der Waals surface area contributed by atoms with Gasteiger partial charge in [0.2, 0.25) is 5.91 Å². The van der Waals surface area contributed by atoms with Gasteiger partial charge in [0, 0.05) is 37.2 Å². The minimum Gasteiger partial charge on any atom is -0.341 e. The zero-order valence-electron chi connectivity index (χ0n) is 11.4. The highest BCUT2D eigenvalue weighted by Crippen LogP contribution is 2.26. The molecule has 0 unspecified atom stereocenters. The summed E-state index contributed by atoms with van der Waals surface area (Å²) in [5.74, 6) is 0.182. The summed E-state index contributed by atoms with van der Waals surface area (Å²) in [6.45, 7) is 2.17. The van der Waals surface area contributed by atoms with E-state index < -0.39 is 0 Å². The molecule has 3 aromatic heterocycles. The van der Waals surface area contributed by atoms with Gasteiger partial charge in [-0.2, -0.15) is 0 Å². The van der Waals surface area contributed by atoms with Crippen LogP contribution in [0.2, 0.25) is 0 Å². The Kier molecular flexibility index (Phi) is 2.96. The standard InChI is InChI=1S/C15H14N4OS/c20-15(18-3-1-4-18)9-19-5-2-12-13(19)6-11(7-17-12)14-8-16-10-21-14/h2,5-8,10H,1,3-4,9H2. The molecule has 6 heteroatoms. The molecule has 0 spiro atoms. The van der Waals surface area contributed by atoms with Crippen LogP contribution in [-0.2, 0) is 11.3 Å². The normalized spacial score (nSPS) is 14.4. The number of carbonyl (C=O) groups excluding carboxylic acids is 1. The first-order valence-corrected chi connectivity index (χ1v) is 7.81. The maximum Gasteiger partial charge on any atom is 0.242 e. The van der Waals surface area contributed by atoms with Crippen molar-refractivity contribution in [2.45, 2.75) is 13.0 Å². The predicted octanol–water partition coefficient (Wildman–Crippen LogP) is 2.39. The van der Waals surface area contributed by atoms with Crippen LogP contribution < -0.4 is 0 Å². The third kappa shape index (κ3) is 2.21. The second kappa shape index (κ2) is 4.96. The first kappa shape index (κ1) is 12.5. The van der Waals surface area contributed by atoms with Crippen LogP contribution in [0.5, 0.6) is 0 Å². The highest BCUT2D eigenvalue weighted by atomic mass is 32.1. The van der Waals surface area contributed by atoms with Crippen molar-refractivity contribution < 1.29 is 4.79 Å². The molecule has 3 aromatic rings. The Bertz CT molecular complexity index is 789. The molecule has 0 N–H and O–H groups in total. The van der Waals surface area contributed by atoms with Crippen molar-refractivity contribution in [3.8, 4) is 10.4 Å². The third-order valence-electron chi connectivity index (χ3n) is 3.85. The zero-order valence-corrected chi connectivity index (χ0v) is 12.2. The number of rotatable bonds is 3. The summed E-state index contributed by atoms with van der Waals surface area (Å²) in [6.07, 6.45) is 6.75. The van der Waals surface area contributed by atoms with Gasteiger partial charge in [0.25, 0.3) is 0 Å². The molecule has 106 valence electrons. The zero-order chi connectivity index (χ0) is 14.2. The van der Waals surface area contributed by atoms with Crippen LogP contribution >= 0.6 is 11.3 Å². The summed E-state index contributed by atoms with van der Waals surface area (Å²) in [5.41, 5.74) is 4.77. The largest absolute Gasteiger partial charge is 0.341 e. The highest BCUT2D eigenvalue weighted by Gasteiger charge is 2.20. The van der Waals surface area contributed by atoms with E-state index >= 15 is 0 Å². The van der Waals surface area contributed by atoms with Gasteiger partial charge in [-0.1, -0.05) is 0 Å². The second-order valence-electron chi connectivity index (χ2n) is 5.17. The smallest absolute Gasteiger partial charge is 0.242 e. The molecule has 1 fully saturated rings. The first-order chi connectivity index (χ1) is 10.3. The minimum atomic E-state index is 0.182. The monoisotopic (exact) mass is 298 g/mol. The molecule has 1 aliphatic rings. The Morgan fingerprint density at radius 2 is 2.24 bits per heavy atom. The van der Waals surface area contributed by atoms with E-state index in [-0.39, 0.29) is 5.91 Å². The summed E-state index contributed by atoms with van der Waals surface area (Å²) < 4.78 is 1.98. The number of carbonyl (C=O) groups is 1. The number of pyridine rings is 1. The fraction of sp³-hybridized carbons (Fsp3) is 0.267. The molecule has 0 radical (unpaired) electrons. The average Bonchev–Trinajstić information content (AvgIpc) is 3.06. The van der Waals surface area contributed by atoms with E-state index in [2.05, 4.69) is 16.0 Å². The third-order valence-corrected chi connectivity index (χ3v) is 4.67. The topological polar surface area (TPSA) is 51.0 Å². The molecule has 0 aromatic carbocycles. The molecule has 21 heavy (non-hydrogen) atoms. The summed E-state index contributed by atoms with van der Waals surface area (Å²) in [7, 11) is 0. The molecule has 0 aliphatic carbocycles. The number of fused-ring (bicyclic) bond motifs is 1. The summed E-state index contributed by atoms with van der Waals surface area (Å²) in [4.78, 5) is 23.7. The molecule has 0 saturated carbocycles. The van der Waals surface area contributed by atoms with Crippen molar-refractivity contribution in [1.82, 2.24) is 19.4 Å². The predicted molar refractivity (Wildman–Crippen MR) is 82.0 cm³/mol. The molecular formula is C15H14N4OS. The van der Waals surface area contributed by atoms with E-state index in [1.807, 2.05) is 39.6 Å². The number of amides is 1. The SMILES string of the molecule is O=C(Cn1ccc2ncc(-c3cncs3)cc21)N1CCC1. The molecule has 1 amide bonds. The lowest BCUT2D eigenvalue weighted by Gasteiger charge is -2.31. The molecule has 4 rings (SSSR count). The van der Waals surface area contributed by atoms with Gasteiger partial charge in [-0.05, 0) is 18.6 Å². The number of hydrogen-bond acceptors (Lipinski definition) is 4. The highest BCUT2D eigenvalue weighted by molar-refractivity contribution is 7.13. The van der Waals surface area contributed by atoms with Gasteiger partial charge in [0.15, 0.2) is 0 Å². The lowest BCUT2D eigenvalue weighted by atomic mass is 10.2. The quantitative estimate of drug-likeness (QED) is 0.746. The molecular weight excluding hydrogens is 284 g/mol. The van der Waals surface area contributed by atoms with E-state index in [0.29, 0.717) is 6.54 Å². The fourth-order valence-electron chi connectivity index (χ4n) is 2.51. The van der Waals surface area contributed by atoms with Gasteiger partial charge in [-0.15, -0.1) is 11.3 Å². The van der Waals surface area contributed by atoms with Crippen LogP contribution in [0, 0.1) is 0 Å². The number of aromatic nitrogens is 3. The Hall–Kier alpha value is -2.21. The van der Waals surface area contributed by atoms with Crippen molar-refractivity contribution >= 4 is 28.3 Å². The van der Waals surface area contributed by atoms with Crippen LogP contribution in [0.25, 0.3) is 21.5 Å². The summed E-state index contributed by atoms with van der Waals surface area (Å²) in [5, 5.41) is 0. The van der Waals surface area contributed by atoms with Crippen LogP contribution in [-0.4, -0.2) is 38.4 Å². The fourth-order valence-corrected chi connectivity index (χ4v) is 3.11. The van der Waals surface area contributed by atoms with E-state index in [1.54, 1.807) is 11.3 Å². The van der Waals surface area contributed by atoms with Crippen molar-refractivity contribution in [3.63, 3.8) is 0 Å². The molecule has 5 nitrogen and oxygen atoms in total. The van der Waals surface area contributed by atoms with Gasteiger partial charge >= 0.3 is 0 Å². The van der Waals surface area contributed by atoms with Gasteiger partial charge in [-0.3, -0.25) is 14.8 Å². The Morgan fingerprint density at radius 1 is 1.33 bits per heavy atom.